The highest BCUT2D eigenvalue weighted by Crippen LogP contribution is 2.50. The zero-order chi connectivity index (χ0) is 31.2. The predicted molar refractivity (Wildman–Crippen MR) is 168 cm³/mol. The molecule has 11 heteroatoms. The number of carbonyl (C=O) groups excluding carboxylic acids is 3. The number of likely N-dealkylation sites (tertiary alicyclic amines) is 1. The Morgan fingerprint density at radius 3 is 2.48 bits per heavy atom. The Kier molecular flexibility index (Phi) is 7.59. The number of ketones is 1. The molecule has 0 spiro atoms. The van der Waals surface area contributed by atoms with E-state index in [0.717, 1.165) is 5.56 Å². The topological polar surface area (TPSA) is 178 Å². The first-order valence-corrected chi connectivity index (χ1v) is 15.2. The molecule has 1 fully saturated rings. The Hall–Kier alpha value is -4.76. The molecule has 7 N–H and O–H groups in total. The number of piperidine rings is 1. The van der Waals surface area contributed by atoms with Gasteiger partial charge in [0.05, 0.1) is 21.7 Å². The highest BCUT2D eigenvalue weighted by atomic mass is 32.1. The number of para-hydroxylation sites is 1. The van der Waals surface area contributed by atoms with Crippen molar-refractivity contribution >= 4 is 44.7 Å². The molecular formula is C33H32N6O4S. The van der Waals surface area contributed by atoms with Crippen LogP contribution in [0.4, 0.5) is 5.69 Å². The Morgan fingerprint density at radius 1 is 1.09 bits per heavy atom. The fourth-order valence-electron chi connectivity index (χ4n) is 6.30. The zero-order valence-electron chi connectivity index (χ0n) is 24.1. The van der Waals surface area contributed by atoms with E-state index in [1.54, 1.807) is 29.2 Å². The number of nitrogens with one attached hydrogen (secondary N) is 1. The van der Waals surface area contributed by atoms with Gasteiger partial charge in [0.25, 0.3) is 5.91 Å². The molecule has 2 heterocycles. The quantitative estimate of drug-likeness (QED) is 0.237. The molecule has 3 aromatic carbocycles. The van der Waals surface area contributed by atoms with Crippen molar-refractivity contribution in [2.24, 2.45) is 11.5 Å². The van der Waals surface area contributed by atoms with Crippen molar-refractivity contribution < 1.29 is 19.1 Å². The van der Waals surface area contributed by atoms with E-state index in [2.05, 4.69) is 5.32 Å². The van der Waals surface area contributed by atoms with Gasteiger partial charge in [-0.1, -0.05) is 30.3 Å². The lowest BCUT2D eigenvalue weighted by Gasteiger charge is -2.37. The summed E-state index contributed by atoms with van der Waals surface area (Å²) in [6, 6.07) is 18.8. The van der Waals surface area contributed by atoms with Crippen molar-refractivity contribution in [2.45, 2.75) is 43.8 Å². The zero-order valence-corrected chi connectivity index (χ0v) is 24.9. The van der Waals surface area contributed by atoms with E-state index in [4.69, 9.17) is 27.2 Å². The minimum Gasteiger partial charge on any atom is -0.457 e. The highest BCUT2D eigenvalue weighted by Gasteiger charge is 2.49. The molecule has 2 aliphatic rings. The second-order valence-electron chi connectivity index (χ2n) is 11.3. The summed E-state index contributed by atoms with van der Waals surface area (Å²) in [5.41, 5.74) is 21.3. The summed E-state index contributed by atoms with van der Waals surface area (Å²) in [5, 5.41) is 12.5. The van der Waals surface area contributed by atoms with Crippen molar-refractivity contribution in [3.05, 3.63) is 87.8 Å². The van der Waals surface area contributed by atoms with E-state index >= 15 is 0 Å². The van der Waals surface area contributed by atoms with Gasteiger partial charge in [-0.2, -0.15) is 5.26 Å². The van der Waals surface area contributed by atoms with Crippen molar-refractivity contribution in [2.75, 3.05) is 18.8 Å². The van der Waals surface area contributed by atoms with Crippen molar-refractivity contribution in [3.63, 3.8) is 0 Å². The van der Waals surface area contributed by atoms with Gasteiger partial charge in [-0.05, 0) is 66.8 Å². The molecule has 1 aliphatic carbocycles. The molecule has 2 atom stereocenters. The van der Waals surface area contributed by atoms with Gasteiger partial charge in [0.1, 0.15) is 23.5 Å². The summed E-state index contributed by atoms with van der Waals surface area (Å²) in [6.07, 6.45) is 0.943. The number of amides is 2. The number of anilines is 1. The van der Waals surface area contributed by atoms with E-state index < -0.39 is 17.4 Å². The number of aryl methyl sites for hydroxylation is 1. The molecule has 0 saturated carbocycles. The summed E-state index contributed by atoms with van der Waals surface area (Å²) < 4.78 is 6.64. The molecule has 2 amide bonds. The van der Waals surface area contributed by atoms with Gasteiger partial charge in [-0.25, -0.2) is 0 Å². The van der Waals surface area contributed by atoms with Crippen LogP contribution in [0.25, 0.3) is 10.1 Å². The van der Waals surface area contributed by atoms with Gasteiger partial charge >= 0.3 is 0 Å². The van der Waals surface area contributed by atoms with Crippen molar-refractivity contribution in [1.82, 2.24) is 10.2 Å². The Bertz CT molecular complexity index is 1840. The normalized spacial score (nSPS) is 19.9. The maximum absolute atomic E-state index is 14.2. The minimum atomic E-state index is -1.58. The molecule has 44 heavy (non-hydrogen) atoms. The molecule has 2 unspecified atom stereocenters. The number of nitrogen functional groups attached to an aromatic ring is 1. The average molecular weight is 609 g/mol. The minimum absolute atomic E-state index is 0.161. The second kappa shape index (κ2) is 11.4. The van der Waals surface area contributed by atoms with Crippen LogP contribution in [0, 0.1) is 18.3 Å². The molecule has 6 rings (SSSR count). The average Bonchev–Trinajstić information content (AvgIpc) is 3.43. The second-order valence-corrected chi connectivity index (χ2v) is 12.3. The van der Waals surface area contributed by atoms with Crippen LogP contribution in [0.2, 0.25) is 0 Å². The molecule has 1 aliphatic heterocycles. The third-order valence-electron chi connectivity index (χ3n) is 8.53. The predicted octanol–water partition coefficient (Wildman–Crippen LogP) is 4.00. The van der Waals surface area contributed by atoms with E-state index in [0.29, 0.717) is 74.8 Å². The van der Waals surface area contributed by atoms with E-state index in [9.17, 15) is 14.4 Å². The first kappa shape index (κ1) is 29.3. The number of nitrogens with two attached hydrogens (primary N) is 3. The summed E-state index contributed by atoms with van der Waals surface area (Å²) in [5.74, 6) is 0.307. The highest BCUT2D eigenvalue weighted by molar-refractivity contribution is 7.21. The Balaban J connectivity index is 1.34. The number of hydrogen-bond donors (Lipinski definition) is 4. The number of benzene rings is 3. The third kappa shape index (κ3) is 4.87. The van der Waals surface area contributed by atoms with E-state index in [1.165, 1.54) is 11.3 Å². The Morgan fingerprint density at radius 2 is 1.80 bits per heavy atom. The van der Waals surface area contributed by atoms with Crippen LogP contribution in [-0.2, 0) is 15.1 Å². The monoisotopic (exact) mass is 608 g/mol. The van der Waals surface area contributed by atoms with E-state index in [1.807, 2.05) is 49.4 Å². The Labute approximate surface area is 258 Å². The van der Waals surface area contributed by atoms with Crippen LogP contribution in [0.3, 0.4) is 0 Å². The summed E-state index contributed by atoms with van der Waals surface area (Å²) in [6.45, 7) is 2.77. The molecule has 1 aromatic heterocycles. The first-order valence-electron chi connectivity index (χ1n) is 14.4. The number of nitriles is 1. The lowest BCUT2D eigenvalue weighted by atomic mass is 9.69. The van der Waals surface area contributed by atoms with Crippen LogP contribution in [0.15, 0.2) is 60.7 Å². The number of ether oxygens (including phenoxy) is 1. The van der Waals surface area contributed by atoms with Crippen LogP contribution < -0.4 is 27.3 Å². The lowest BCUT2D eigenvalue weighted by molar-refractivity contribution is -0.131. The molecule has 224 valence electrons. The van der Waals surface area contributed by atoms with Gasteiger partial charge in [-0.3, -0.25) is 14.4 Å². The number of thiophene rings is 1. The molecule has 0 bridgehead atoms. The third-order valence-corrected chi connectivity index (χ3v) is 9.79. The number of carbonyl (C=O) groups is 3. The molecule has 4 aromatic rings. The fraction of sp³-hybridized carbons (Fsp3) is 0.273. The smallest absolute Gasteiger partial charge is 0.261 e. The number of Topliss-reactive ketones (excluding diaryl/α,β-unsaturated/α-hetero) is 1. The maximum Gasteiger partial charge on any atom is 0.261 e. The standard InChI is InChI=1S/C33H32N6O4S/c1-18-17-21(43-20-5-3-2-4-6-20)7-8-22(18)33(37)23-9-10-24(35)29-26(23)27(28(36)31(33)41)30(44-29)32(42)38-19-12-15-39(16-13-19)25(40)11-14-34/h2-10,17,19,28H,11-13,15-16,35-37H2,1H3,(H,38,42). The van der Waals surface area contributed by atoms with Crippen LogP contribution in [0.1, 0.15) is 57.2 Å². The van der Waals surface area contributed by atoms with Crippen molar-refractivity contribution in [3.8, 4) is 17.6 Å². The molecular weight excluding hydrogens is 576 g/mol. The lowest BCUT2D eigenvalue weighted by Crippen LogP contribution is -2.53. The summed E-state index contributed by atoms with van der Waals surface area (Å²) in [4.78, 5) is 41.9. The van der Waals surface area contributed by atoms with Crippen molar-refractivity contribution in [1.29, 1.82) is 5.26 Å². The van der Waals surface area contributed by atoms with Gasteiger partial charge in [0, 0.05) is 35.8 Å². The number of nitrogens with zero attached hydrogens (tertiary/aromatic N) is 2. The molecule has 0 radical (unpaired) electrons. The summed E-state index contributed by atoms with van der Waals surface area (Å²) in [7, 11) is 0. The van der Waals surface area contributed by atoms with Gasteiger partial charge in [0.15, 0.2) is 5.78 Å². The van der Waals surface area contributed by atoms with Crippen LogP contribution >= 0.6 is 11.3 Å². The van der Waals surface area contributed by atoms with Crippen LogP contribution in [0.5, 0.6) is 11.5 Å². The van der Waals surface area contributed by atoms with Gasteiger partial charge < -0.3 is 32.2 Å². The SMILES string of the molecule is Cc1cc(Oc2ccccc2)ccc1C1(N)C(=O)C(N)c2c(C(=O)NC3CCN(C(=O)CC#N)CC3)sc3c(N)ccc1c23. The first-order chi connectivity index (χ1) is 21.1. The molecule has 10 nitrogen and oxygen atoms in total. The number of rotatable bonds is 6. The fourth-order valence-corrected chi connectivity index (χ4v) is 7.50. The largest absolute Gasteiger partial charge is 0.457 e. The van der Waals surface area contributed by atoms with E-state index in [-0.39, 0.29) is 24.3 Å². The number of hydrogen-bond acceptors (Lipinski definition) is 9. The maximum atomic E-state index is 14.2. The van der Waals surface area contributed by atoms with Gasteiger partial charge in [-0.15, -0.1) is 11.3 Å². The van der Waals surface area contributed by atoms with Gasteiger partial charge in [0.2, 0.25) is 5.91 Å². The molecule has 1 saturated heterocycles. The summed E-state index contributed by atoms with van der Waals surface area (Å²) >= 11 is 1.20. The van der Waals surface area contributed by atoms with Crippen LogP contribution in [-0.4, -0.2) is 41.6 Å².